The molecule has 1 aliphatic rings. The van der Waals surface area contributed by atoms with Crippen molar-refractivity contribution in [1.29, 1.82) is 0 Å². The van der Waals surface area contributed by atoms with E-state index in [0.29, 0.717) is 4.57 Å². The Kier molecular flexibility index (Phi) is 8.09. The molecular weight excluding hydrogens is 472 g/mol. The van der Waals surface area contributed by atoms with Crippen molar-refractivity contribution in [2.75, 3.05) is 12.4 Å². The molecular formula is C24H34N2O6SSi. The van der Waals surface area contributed by atoms with Crippen molar-refractivity contribution in [3.8, 4) is 0 Å². The molecule has 0 saturated carbocycles. The largest absolute Gasteiger partial charge is 0.410 e. The van der Waals surface area contributed by atoms with E-state index in [-0.39, 0.29) is 22.5 Å². The average molecular weight is 507 g/mol. The molecule has 1 N–H and O–H groups in total. The monoisotopic (exact) mass is 506 g/mol. The van der Waals surface area contributed by atoms with E-state index in [0.717, 1.165) is 5.75 Å². The van der Waals surface area contributed by atoms with E-state index in [2.05, 4.69) is 33.9 Å². The number of thioether (sulfide) groups is 1. The van der Waals surface area contributed by atoms with Gasteiger partial charge in [0.05, 0.1) is 18.0 Å². The number of carbonyl (C=O) groups is 1. The summed E-state index contributed by atoms with van der Waals surface area (Å²) < 4.78 is 14.7. The smallest absolute Gasteiger partial charge is 0.340 e. The lowest BCUT2D eigenvalue weighted by Gasteiger charge is -2.40. The third-order valence-electron chi connectivity index (χ3n) is 6.57. The van der Waals surface area contributed by atoms with Crippen molar-refractivity contribution < 1.29 is 19.1 Å². The van der Waals surface area contributed by atoms with Gasteiger partial charge in [-0.25, -0.2) is 4.79 Å². The number of hydrogen-bond acceptors (Lipinski definition) is 7. The summed E-state index contributed by atoms with van der Waals surface area (Å²) in [4.78, 5) is 38.9. The third kappa shape index (κ3) is 5.16. The van der Waals surface area contributed by atoms with Crippen LogP contribution in [-0.2, 0) is 9.16 Å². The second-order valence-electron chi connectivity index (χ2n) is 9.86. The number of aliphatic hydroxyl groups excluding tert-OH is 1. The predicted octanol–water partition coefficient (Wildman–Crippen LogP) is 3.10. The quantitative estimate of drug-likeness (QED) is 0.576. The molecule has 1 aromatic heterocycles. The Morgan fingerprint density at radius 3 is 2.38 bits per heavy atom. The lowest BCUT2D eigenvalue weighted by Crippen LogP contribution is -2.49. The molecule has 34 heavy (non-hydrogen) atoms. The van der Waals surface area contributed by atoms with Crippen LogP contribution < -0.4 is 11.2 Å². The number of rotatable bonds is 7. The minimum atomic E-state index is -2.23. The number of carbonyl (C=O) groups excluding carboxylic acids is 1. The van der Waals surface area contributed by atoms with Crippen molar-refractivity contribution in [3.63, 3.8) is 0 Å². The van der Waals surface area contributed by atoms with Gasteiger partial charge in [0, 0.05) is 17.8 Å². The molecule has 10 heteroatoms. The van der Waals surface area contributed by atoms with Crippen molar-refractivity contribution in [3.05, 3.63) is 69.0 Å². The standard InChI is InChI=1S/C24H34N2O6SSi/c1-7-33-20-19(32-34(5,6)24(2,3)4)17(15-27)31-22(20)25-14-13-18(28)26(23(25)30)21(29)16-11-9-8-10-12-16/h8-14,17,19-20,22,27H,7,15H2,1-6H3/t17-,19-,20-,22-/m1/s1. The molecule has 1 saturated heterocycles. The number of ether oxygens (including phenoxy) is 1. The molecule has 0 bridgehead atoms. The van der Waals surface area contributed by atoms with Gasteiger partial charge in [0.25, 0.3) is 11.5 Å². The number of nitrogens with zero attached hydrogens (tertiary/aromatic N) is 2. The van der Waals surface area contributed by atoms with Crippen LogP contribution in [0.3, 0.4) is 0 Å². The van der Waals surface area contributed by atoms with Gasteiger partial charge >= 0.3 is 5.69 Å². The third-order valence-corrected chi connectivity index (χ3v) is 12.3. The zero-order valence-electron chi connectivity index (χ0n) is 20.6. The van der Waals surface area contributed by atoms with Gasteiger partial charge in [-0.1, -0.05) is 45.9 Å². The van der Waals surface area contributed by atoms with Crippen LogP contribution in [0.4, 0.5) is 0 Å². The lowest BCUT2D eigenvalue weighted by molar-refractivity contribution is -0.0439. The van der Waals surface area contributed by atoms with Crippen molar-refractivity contribution >= 4 is 26.0 Å². The molecule has 2 aromatic rings. The Bertz CT molecular complexity index is 1120. The van der Waals surface area contributed by atoms with Gasteiger partial charge in [-0.3, -0.25) is 14.2 Å². The summed E-state index contributed by atoms with van der Waals surface area (Å²) in [6.07, 6.45) is -0.533. The first-order valence-electron chi connectivity index (χ1n) is 11.4. The molecule has 2 heterocycles. The number of benzene rings is 1. The minimum Gasteiger partial charge on any atom is -0.410 e. The molecule has 0 spiro atoms. The highest BCUT2D eigenvalue weighted by atomic mass is 32.2. The summed E-state index contributed by atoms with van der Waals surface area (Å²) in [5.74, 6) is 0.0348. The first-order chi connectivity index (χ1) is 15.9. The first-order valence-corrected chi connectivity index (χ1v) is 15.4. The van der Waals surface area contributed by atoms with Gasteiger partial charge in [-0.15, -0.1) is 0 Å². The Hall–Kier alpha value is -1.98. The summed E-state index contributed by atoms with van der Waals surface area (Å²) in [6, 6.07) is 9.38. The summed E-state index contributed by atoms with van der Waals surface area (Å²) in [5, 5.41) is 9.73. The molecule has 0 aliphatic carbocycles. The van der Waals surface area contributed by atoms with Crippen molar-refractivity contribution in [2.24, 2.45) is 0 Å². The highest BCUT2D eigenvalue weighted by Crippen LogP contribution is 2.44. The Morgan fingerprint density at radius 2 is 1.82 bits per heavy atom. The maximum absolute atomic E-state index is 13.4. The van der Waals surface area contributed by atoms with E-state index < -0.39 is 43.9 Å². The normalized spacial score (nSPS) is 23.3. The molecule has 1 aliphatic heterocycles. The van der Waals surface area contributed by atoms with Crippen molar-refractivity contribution in [2.45, 2.75) is 69.5 Å². The maximum atomic E-state index is 13.4. The zero-order valence-corrected chi connectivity index (χ0v) is 22.4. The van der Waals surface area contributed by atoms with E-state index in [1.807, 2.05) is 6.92 Å². The van der Waals surface area contributed by atoms with E-state index in [9.17, 15) is 19.5 Å². The molecule has 3 rings (SSSR count). The van der Waals surface area contributed by atoms with Gasteiger partial charge in [-0.2, -0.15) is 16.3 Å². The van der Waals surface area contributed by atoms with Gasteiger partial charge in [0.2, 0.25) is 0 Å². The summed E-state index contributed by atoms with van der Waals surface area (Å²) >= 11 is 1.57. The van der Waals surface area contributed by atoms with Gasteiger partial charge in [0.15, 0.2) is 14.5 Å². The maximum Gasteiger partial charge on any atom is 0.340 e. The molecule has 1 fully saturated rings. The molecule has 0 radical (unpaired) electrons. The van der Waals surface area contributed by atoms with Gasteiger partial charge < -0.3 is 14.3 Å². The summed E-state index contributed by atoms with van der Waals surface area (Å²) in [5.41, 5.74) is -1.25. The second kappa shape index (κ2) is 10.3. The lowest BCUT2D eigenvalue weighted by atomic mass is 10.2. The van der Waals surface area contributed by atoms with Crippen LogP contribution in [0.1, 0.15) is 44.3 Å². The van der Waals surface area contributed by atoms with Crippen LogP contribution in [0.15, 0.2) is 52.2 Å². The predicted molar refractivity (Wildman–Crippen MR) is 136 cm³/mol. The Labute approximate surface area is 205 Å². The van der Waals surface area contributed by atoms with Crippen LogP contribution in [0.2, 0.25) is 18.1 Å². The topological polar surface area (TPSA) is 99.8 Å². The van der Waals surface area contributed by atoms with Crippen LogP contribution in [0.5, 0.6) is 0 Å². The molecule has 0 amide bonds. The Morgan fingerprint density at radius 1 is 1.18 bits per heavy atom. The van der Waals surface area contributed by atoms with Crippen LogP contribution in [-0.4, -0.2) is 58.3 Å². The SMILES string of the molecule is CCS[C@@H]1[C@H](O[Si](C)(C)C(C)(C)C)[C@@H](CO)O[C@H]1n1ccc(=O)n(C(=O)c2ccccc2)c1=O. The fourth-order valence-electron chi connectivity index (χ4n) is 3.69. The van der Waals surface area contributed by atoms with E-state index in [4.69, 9.17) is 9.16 Å². The average Bonchev–Trinajstić information content (AvgIpc) is 3.10. The van der Waals surface area contributed by atoms with Crippen LogP contribution >= 0.6 is 11.8 Å². The van der Waals surface area contributed by atoms with E-state index in [1.165, 1.54) is 16.8 Å². The number of aliphatic hydroxyl groups is 1. The highest BCUT2D eigenvalue weighted by Gasteiger charge is 2.51. The van der Waals surface area contributed by atoms with Gasteiger partial charge in [-0.05, 0) is 36.0 Å². The molecule has 186 valence electrons. The second-order valence-corrected chi connectivity index (χ2v) is 16.1. The summed E-state index contributed by atoms with van der Waals surface area (Å²) in [7, 11) is -2.23. The first kappa shape index (κ1) is 26.6. The van der Waals surface area contributed by atoms with Crippen LogP contribution in [0, 0.1) is 0 Å². The number of hydrogen-bond donors (Lipinski definition) is 1. The molecule has 1 aromatic carbocycles. The molecule has 8 nitrogen and oxygen atoms in total. The summed E-state index contributed by atoms with van der Waals surface area (Å²) in [6.45, 7) is 12.4. The fourth-order valence-corrected chi connectivity index (χ4v) is 6.29. The van der Waals surface area contributed by atoms with Crippen molar-refractivity contribution in [1.82, 2.24) is 9.13 Å². The number of aromatic nitrogens is 2. The molecule has 4 atom stereocenters. The zero-order chi connectivity index (χ0) is 25.3. The van der Waals surface area contributed by atoms with Gasteiger partial charge in [0.1, 0.15) is 6.10 Å². The van der Waals surface area contributed by atoms with E-state index >= 15 is 0 Å². The van der Waals surface area contributed by atoms with E-state index in [1.54, 1.807) is 42.1 Å². The Balaban J connectivity index is 2.06. The molecule has 0 unspecified atom stereocenters. The highest BCUT2D eigenvalue weighted by molar-refractivity contribution is 7.99. The minimum absolute atomic E-state index is 0.0569. The van der Waals surface area contributed by atoms with Crippen LogP contribution in [0.25, 0.3) is 0 Å². The fraction of sp³-hybridized carbons (Fsp3) is 0.542.